The number of rotatable bonds is 2. The van der Waals surface area contributed by atoms with Crippen molar-refractivity contribution in [3.63, 3.8) is 0 Å². The van der Waals surface area contributed by atoms with Gasteiger partial charge in [-0.25, -0.2) is 0 Å². The van der Waals surface area contributed by atoms with Gasteiger partial charge in [-0.2, -0.15) is 0 Å². The van der Waals surface area contributed by atoms with Gasteiger partial charge in [0.05, 0.1) is 0 Å². The molecule has 0 saturated heterocycles. The third kappa shape index (κ3) is 1.54. The van der Waals surface area contributed by atoms with Gasteiger partial charge in [0.1, 0.15) is 6.29 Å². The summed E-state index contributed by atoms with van der Waals surface area (Å²) in [5, 5.41) is 0. The first-order valence-corrected chi connectivity index (χ1v) is 3.58. The quantitative estimate of drug-likeness (QED) is 0.517. The van der Waals surface area contributed by atoms with Crippen molar-refractivity contribution in [3.05, 3.63) is 0 Å². The van der Waals surface area contributed by atoms with E-state index in [1.54, 1.807) is 0 Å². The molecule has 0 heterocycles. The molecule has 0 aliphatic heterocycles. The molecule has 0 amide bonds. The Balaban J connectivity index is 2.19. The Bertz CT molecular complexity index is 108. The van der Waals surface area contributed by atoms with Crippen molar-refractivity contribution in [2.24, 2.45) is 11.3 Å². The summed E-state index contributed by atoms with van der Waals surface area (Å²) in [6.45, 7) is 4.52. The van der Waals surface area contributed by atoms with Crippen molar-refractivity contribution < 1.29 is 4.79 Å². The van der Waals surface area contributed by atoms with E-state index in [2.05, 4.69) is 13.8 Å². The molecule has 0 aromatic carbocycles. The lowest BCUT2D eigenvalue weighted by Crippen LogP contribution is -2.31. The van der Waals surface area contributed by atoms with Crippen molar-refractivity contribution in [2.75, 3.05) is 0 Å². The van der Waals surface area contributed by atoms with Gasteiger partial charge in [0.25, 0.3) is 0 Å². The zero-order chi connectivity index (χ0) is 6.91. The van der Waals surface area contributed by atoms with Gasteiger partial charge in [-0.05, 0) is 24.2 Å². The summed E-state index contributed by atoms with van der Waals surface area (Å²) in [5.41, 5.74) is 0.535. The minimum atomic E-state index is 0.535. The molecule has 0 unspecified atom stereocenters. The van der Waals surface area contributed by atoms with Crippen LogP contribution in [-0.4, -0.2) is 6.29 Å². The van der Waals surface area contributed by atoms with E-state index in [4.69, 9.17) is 0 Å². The number of aldehydes is 1. The second kappa shape index (κ2) is 2.13. The normalized spacial score (nSPS) is 25.1. The first kappa shape index (κ1) is 6.79. The minimum absolute atomic E-state index is 0.535. The molecule has 1 saturated carbocycles. The lowest BCUT2D eigenvalue weighted by Gasteiger charge is -2.41. The van der Waals surface area contributed by atoms with E-state index in [0.29, 0.717) is 11.3 Å². The second-order valence-corrected chi connectivity index (χ2v) is 3.84. The maximum absolute atomic E-state index is 10.0. The Kier molecular flexibility index (Phi) is 1.60. The summed E-state index contributed by atoms with van der Waals surface area (Å²) in [4.78, 5) is 10.0. The monoisotopic (exact) mass is 126 g/mol. The molecule has 1 aliphatic rings. The molecule has 1 aliphatic carbocycles. The Morgan fingerprint density at radius 2 is 2.11 bits per heavy atom. The van der Waals surface area contributed by atoms with E-state index < -0.39 is 0 Å². The van der Waals surface area contributed by atoms with Gasteiger partial charge in [0.15, 0.2) is 0 Å². The second-order valence-electron chi connectivity index (χ2n) is 3.84. The fraction of sp³-hybridized carbons (Fsp3) is 0.875. The maximum Gasteiger partial charge on any atom is 0.120 e. The molecule has 0 N–H and O–H groups in total. The van der Waals surface area contributed by atoms with Crippen LogP contribution in [0.4, 0.5) is 0 Å². The van der Waals surface area contributed by atoms with Crippen LogP contribution in [0.15, 0.2) is 0 Å². The van der Waals surface area contributed by atoms with Crippen LogP contribution in [0.1, 0.15) is 33.1 Å². The van der Waals surface area contributed by atoms with E-state index in [1.165, 1.54) is 12.8 Å². The Labute approximate surface area is 56.4 Å². The lowest BCUT2D eigenvalue weighted by molar-refractivity contribution is -0.110. The highest BCUT2D eigenvalue weighted by atomic mass is 16.1. The number of hydrogen-bond donors (Lipinski definition) is 0. The average molecular weight is 126 g/mol. The van der Waals surface area contributed by atoms with Crippen LogP contribution in [0.25, 0.3) is 0 Å². The zero-order valence-electron chi connectivity index (χ0n) is 6.18. The van der Waals surface area contributed by atoms with Crippen LogP contribution in [0.3, 0.4) is 0 Å². The Hall–Kier alpha value is -0.330. The average Bonchev–Trinajstić information content (AvgIpc) is 1.62. The van der Waals surface area contributed by atoms with Crippen molar-refractivity contribution in [2.45, 2.75) is 33.1 Å². The Morgan fingerprint density at radius 1 is 1.56 bits per heavy atom. The summed E-state index contributed by atoms with van der Waals surface area (Å²) in [7, 11) is 0. The summed E-state index contributed by atoms with van der Waals surface area (Å²) in [6.07, 6.45) is 4.31. The molecule has 1 fully saturated rings. The highest BCUT2D eigenvalue weighted by Crippen LogP contribution is 2.45. The van der Waals surface area contributed by atoms with Gasteiger partial charge in [-0.1, -0.05) is 13.8 Å². The molecule has 0 radical (unpaired) electrons. The number of carbonyl (C=O) groups is 1. The molecule has 9 heavy (non-hydrogen) atoms. The molecule has 0 spiro atoms. The van der Waals surface area contributed by atoms with Crippen molar-refractivity contribution in [1.82, 2.24) is 0 Å². The van der Waals surface area contributed by atoms with Gasteiger partial charge in [-0.3, -0.25) is 0 Å². The van der Waals surface area contributed by atoms with Crippen LogP contribution >= 0.6 is 0 Å². The molecule has 0 aromatic rings. The standard InChI is InChI=1S/C8H14O/c1-8(2)5-7(6-8)3-4-9/h4,7H,3,5-6H2,1-2H3. The lowest BCUT2D eigenvalue weighted by atomic mass is 9.64. The zero-order valence-corrected chi connectivity index (χ0v) is 6.18. The first-order chi connectivity index (χ1) is 4.14. The van der Waals surface area contributed by atoms with E-state index >= 15 is 0 Å². The Morgan fingerprint density at radius 3 is 2.44 bits per heavy atom. The fourth-order valence-electron chi connectivity index (χ4n) is 1.81. The summed E-state index contributed by atoms with van der Waals surface area (Å²) in [5.74, 6) is 0.706. The molecule has 1 heteroatoms. The predicted octanol–water partition coefficient (Wildman–Crippen LogP) is 2.01. The smallest absolute Gasteiger partial charge is 0.120 e. The van der Waals surface area contributed by atoms with Crippen molar-refractivity contribution >= 4 is 6.29 Å². The first-order valence-electron chi connectivity index (χ1n) is 3.58. The SMILES string of the molecule is CC1(C)CC(CC=O)C1. The highest BCUT2D eigenvalue weighted by molar-refractivity contribution is 5.50. The van der Waals surface area contributed by atoms with Crippen LogP contribution in [-0.2, 0) is 4.79 Å². The molecule has 1 nitrogen and oxygen atoms in total. The third-order valence-corrected chi connectivity index (χ3v) is 2.11. The molecular weight excluding hydrogens is 112 g/mol. The summed E-state index contributed by atoms with van der Waals surface area (Å²) < 4.78 is 0. The third-order valence-electron chi connectivity index (χ3n) is 2.11. The molecule has 0 bridgehead atoms. The van der Waals surface area contributed by atoms with E-state index in [-0.39, 0.29) is 0 Å². The molecular formula is C8H14O. The van der Waals surface area contributed by atoms with E-state index in [9.17, 15) is 4.79 Å². The molecule has 0 aromatic heterocycles. The molecule has 0 atom stereocenters. The van der Waals surface area contributed by atoms with Crippen LogP contribution in [0.2, 0.25) is 0 Å². The number of carbonyl (C=O) groups excluding carboxylic acids is 1. The largest absolute Gasteiger partial charge is 0.303 e. The van der Waals surface area contributed by atoms with Gasteiger partial charge in [-0.15, -0.1) is 0 Å². The minimum Gasteiger partial charge on any atom is -0.303 e. The summed E-state index contributed by atoms with van der Waals surface area (Å²) in [6, 6.07) is 0. The maximum atomic E-state index is 10.0. The van der Waals surface area contributed by atoms with Crippen LogP contribution in [0.5, 0.6) is 0 Å². The molecule has 52 valence electrons. The topological polar surface area (TPSA) is 17.1 Å². The van der Waals surface area contributed by atoms with E-state index in [0.717, 1.165) is 12.7 Å². The highest BCUT2D eigenvalue weighted by Gasteiger charge is 2.35. The summed E-state index contributed by atoms with van der Waals surface area (Å²) >= 11 is 0. The van der Waals surface area contributed by atoms with E-state index in [1.807, 2.05) is 0 Å². The van der Waals surface area contributed by atoms with Crippen LogP contribution < -0.4 is 0 Å². The van der Waals surface area contributed by atoms with Crippen molar-refractivity contribution in [3.8, 4) is 0 Å². The number of hydrogen-bond acceptors (Lipinski definition) is 1. The van der Waals surface area contributed by atoms with Gasteiger partial charge < -0.3 is 4.79 Å². The van der Waals surface area contributed by atoms with Crippen molar-refractivity contribution in [1.29, 1.82) is 0 Å². The van der Waals surface area contributed by atoms with Gasteiger partial charge in [0, 0.05) is 6.42 Å². The molecule has 1 rings (SSSR count). The van der Waals surface area contributed by atoms with Crippen LogP contribution in [0, 0.1) is 11.3 Å². The fourth-order valence-corrected chi connectivity index (χ4v) is 1.81. The van der Waals surface area contributed by atoms with Gasteiger partial charge >= 0.3 is 0 Å². The van der Waals surface area contributed by atoms with Gasteiger partial charge in [0.2, 0.25) is 0 Å². The predicted molar refractivity (Wildman–Crippen MR) is 37.2 cm³/mol.